The Bertz CT molecular complexity index is 1170. The minimum Gasteiger partial charge on any atom is -0.490 e. The van der Waals surface area contributed by atoms with E-state index in [1.165, 1.54) is 18.6 Å². The van der Waals surface area contributed by atoms with Crippen LogP contribution in [0.1, 0.15) is 70.3 Å². The predicted molar refractivity (Wildman–Crippen MR) is 142 cm³/mol. The smallest absolute Gasteiger partial charge is 0.201 e. The molecule has 0 aromatic heterocycles. The molecule has 0 spiro atoms. The third kappa shape index (κ3) is 6.03. The maximum Gasteiger partial charge on any atom is 0.201 e. The van der Waals surface area contributed by atoms with E-state index in [1.807, 2.05) is 19.1 Å². The van der Waals surface area contributed by atoms with Crippen molar-refractivity contribution in [2.75, 3.05) is 6.61 Å². The summed E-state index contributed by atoms with van der Waals surface area (Å²) in [4.78, 5) is 0. The molecule has 0 N–H and O–H groups in total. The number of allylic oxidation sites excluding steroid dienone is 2. The van der Waals surface area contributed by atoms with Gasteiger partial charge in [-0.15, -0.1) is 0 Å². The van der Waals surface area contributed by atoms with Gasteiger partial charge in [0.2, 0.25) is 5.82 Å². The van der Waals surface area contributed by atoms with Gasteiger partial charge in [-0.2, -0.15) is 4.39 Å². The number of unbranched alkanes of at least 4 members (excludes halogenated alkanes) is 1. The normalized spacial score (nSPS) is 18.0. The lowest BCUT2D eigenvalue weighted by molar-refractivity contribution is 0.295. The van der Waals surface area contributed by atoms with Crippen molar-refractivity contribution in [3.05, 3.63) is 89.8 Å². The van der Waals surface area contributed by atoms with Gasteiger partial charge in [0.05, 0.1) is 6.61 Å². The molecule has 0 amide bonds. The summed E-state index contributed by atoms with van der Waals surface area (Å²) in [7, 11) is 0. The van der Waals surface area contributed by atoms with E-state index < -0.39 is 11.6 Å². The minimum atomic E-state index is -0.988. The van der Waals surface area contributed by atoms with Gasteiger partial charge in [0.25, 0.3) is 0 Å². The van der Waals surface area contributed by atoms with Crippen LogP contribution in [0.15, 0.2) is 66.7 Å². The van der Waals surface area contributed by atoms with Gasteiger partial charge in [-0.05, 0) is 85.3 Å². The second kappa shape index (κ2) is 12.3. The van der Waals surface area contributed by atoms with E-state index in [4.69, 9.17) is 4.74 Å². The quantitative estimate of drug-likeness (QED) is 0.270. The fourth-order valence-corrected chi connectivity index (χ4v) is 5.03. The van der Waals surface area contributed by atoms with Crippen LogP contribution in [0.5, 0.6) is 5.75 Å². The lowest BCUT2D eigenvalue weighted by atomic mass is 9.78. The van der Waals surface area contributed by atoms with Crippen LogP contribution in [0.3, 0.4) is 0 Å². The first-order chi connectivity index (χ1) is 17.5. The van der Waals surface area contributed by atoms with Crippen molar-refractivity contribution < 1.29 is 17.9 Å². The summed E-state index contributed by atoms with van der Waals surface area (Å²) in [5.41, 5.74) is 2.96. The lowest BCUT2D eigenvalue weighted by Gasteiger charge is -2.27. The summed E-state index contributed by atoms with van der Waals surface area (Å²) in [6, 6.07) is 15.4. The van der Waals surface area contributed by atoms with E-state index >= 15 is 4.39 Å². The molecule has 0 heterocycles. The Hall–Kier alpha value is -3.01. The Morgan fingerprint density at radius 1 is 0.778 bits per heavy atom. The predicted octanol–water partition coefficient (Wildman–Crippen LogP) is 9.86. The number of rotatable bonds is 9. The maximum absolute atomic E-state index is 15.1. The molecule has 190 valence electrons. The second-order valence-electron chi connectivity index (χ2n) is 9.73. The molecule has 36 heavy (non-hydrogen) atoms. The molecule has 1 saturated carbocycles. The molecule has 4 rings (SSSR count). The summed E-state index contributed by atoms with van der Waals surface area (Å²) in [5.74, 6) is -1.22. The number of hydrogen-bond donors (Lipinski definition) is 0. The first-order valence-corrected chi connectivity index (χ1v) is 13.2. The third-order valence-electron chi connectivity index (χ3n) is 7.12. The van der Waals surface area contributed by atoms with Crippen molar-refractivity contribution in [3.63, 3.8) is 0 Å². The van der Waals surface area contributed by atoms with Gasteiger partial charge < -0.3 is 4.74 Å². The van der Waals surface area contributed by atoms with Crippen LogP contribution in [0, 0.1) is 23.4 Å². The van der Waals surface area contributed by atoms with Gasteiger partial charge in [-0.3, -0.25) is 0 Å². The van der Waals surface area contributed by atoms with E-state index in [0.717, 1.165) is 37.7 Å². The Morgan fingerprint density at radius 2 is 1.44 bits per heavy atom. The van der Waals surface area contributed by atoms with Crippen LogP contribution in [0.25, 0.3) is 22.3 Å². The third-order valence-corrected chi connectivity index (χ3v) is 7.12. The van der Waals surface area contributed by atoms with Gasteiger partial charge in [0.1, 0.15) is 5.82 Å². The molecular weight excluding hydrogens is 457 g/mol. The van der Waals surface area contributed by atoms with Crippen molar-refractivity contribution in [1.82, 2.24) is 0 Å². The van der Waals surface area contributed by atoms with Crippen molar-refractivity contribution >= 4 is 0 Å². The number of ether oxygens (including phenoxy) is 1. The van der Waals surface area contributed by atoms with E-state index in [0.29, 0.717) is 41.6 Å². The SMILES string of the molecule is CCC/C=C/C1CCC(c2ccc(-c3ccc(-c4ccc(OCCC)c(F)c4F)cc3)c(F)c2)CC1. The highest BCUT2D eigenvalue weighted by Gasteiger charge is 2.22. The minimum absolute atomic E-state index is 0.0849. The average Bonchev–Trinajstić information content (AvgIpc) is 2.90. The zero-order chi connectivity index (χ0) is 25.5. The van der Waals surface area contributed by atoms with Crippen LogP contribution < -0.4 is 4.74 Å². The van der Waals surface area contributed by atoms with Gasteiger partial charge in [-0.25, -0.2) is 8.78 Å². The monoisotopic (exact) mass is 492 g/mol. The molecular formula is C32H35F3O. The lowest BCUT2D eigenvalue weighted by Crippen LogP contribution is -2.12. The second-order valence-corrected chi connectivity index (χ2v) is 9.73. The Kier molecular flexibility index (Phi) is 8.90. The number of halogens is 3. The first kappa shape index (κ1) is 26.1. The molecule has 0 radical (unpaired) electrons. The fourth-order valence-electron chi connectivity index (χ4n) is 5.03. The van der Waals surface area contributed by atoms with Crippen LogP contribution in [-0.2, 0) is 0 Å². The zero-order valence-corrected chi connectivity index (χ0v) is 21.2. The largest absolute Gasteiger partial charge is 0.490 e. The molecule has 0 atom stereocenters. The molecule has 1 aliphatic carbocycles. The Balaban J connectivity index is 1.46. The van der Waals surface area contributed by atoms with Gasteiger partial charge >= 0.3 is 0 Å². The van der Waals surface area contributed by atoms with E-state index in [1.54, 1.807) is 30.3 Å². The molecule has 0 unspecified atom stereocenters. The molecule has 0 aliphatic heterocycles. The molecule has 0 bridgehead atoms. The summed E-state index contributed by atoms with van der Waals surface area (Å²) in [6.45, 7) is 4.42. The number of benzene rings is 3. The van der Waals surface area contributed by atoms with Crippen molar-refractivity contribution in [3.8, 4) is 28.0 Å². The summed E-state index contributed by atoms with van der Waals surface area (Å²) in [5, 5.41) is 0. The zero-order valence-electron chi connectivity index (χ0n) is 21.2. The Labute approximate surface area is 213 Å². The first-order valence-electron chi connectivity index (χ1n) is 13.2. The van der Waals surface area contributed by atoms with Gasteiger partial charge in [0, 0.05) is 11.1 Å². The highest BCUT2D eigenvalue weighted by molar-refractivity contribution is 5.71. The van der Waals surface area contributed by atoms with E-state index in [9.17, 15) is 8.78 Å². The molecule has 3 aromatic rings. The van der Waals surface area contributed by atoms with Crippen LogP contribution in [-0.4, -0.2) is 6.61 Å². The van der Waals surface area contributed by atoms with Crippen molar-refractivity contribution in [2.24, 2.45) is 5.92 Å². The van der Waals surface area contributed by atoms with Crippen LogP contribution in [0.2, 0.25) is 0 Å². The molecule has 3 aromatic carbocycles. The molecule has 1 aliphatic rings. The highest BCUT2D eigenvalue weighted by Crippen LogP contribution is 2.38. The van der Waals surface area contributed by atoms with E-state index in [2.05, 4.69) is 19.1 Å². The summed E-state index contributed by atoms with van der Waals surface area (Å²) < 4.78 is 49.5. The summed E-state index contributed by atoms with van der Waals surface area (Å²) in [6.07, 6.45) is 12.2. The van der Waals surface area contributed by atoms with Gasteiger partial charge in [0.15, 0.2) is 11.6 Å². The topological polar surface area (TPSA) is 9.23 Å². The maximum atomic E-state index is 15.1. The summed E-state index contributed by atoms with van der Waals surface area (Å²) >= 11 is 0. The number of hydrogen-bond acceptors (Lipinski definition) is 1. The fraction of sp³-hybridized carbons (Fsp3) is 0.375. The van der Waals surface area contributed by atoms with Gasteiger partial charge in [-0.1, -0.05) is 68.8 Å². The van der Waals surface area contributed by atoms with Crippen LogP contribution in [0.4, 0.5) is 13.2 Å². The van der Waals surface area contributed by atoms with E-state index in [-0.39, 0.29) is 17.1 Å². The highest BCUT2D eigenvalue weighted by atomic mass is 19.2. The van der Waals surface area contributed by atoms with Crippen molar-refractivity contribution in [2.45, 2.75) is 64.7 Å². The molecule has 4 heteroatoms. The Morgan fingerprint density at radius 3 is 2.08 bits per heavy atom. The molecule has 1 nitrogen and oxygen atoms in total. The standard InChI is InChI=1S/C32H35F3O/c1-3-5-6-7-22-8-10-23(11-9-22)26-16-17-27(29(33)21-26)24-12-14-25(15-13-24)28-18-19-30(36-20-4-2)32(35)31(28)34/h6-7,12-19,21-23H,3-5,8-11,20H2,1-2H3/b7-6+. The van der Waals surface area contributed by atoms with Crippen LogP contribution >= 0.6 is 0 Å². The molecule has 0 saturated heterocycles. The average molecular weight is 493 g/mol. The molecule has 1 fully saturated rings. The van der Waals surface area contributed by atoms with Crippen molar-refractivity contribution in [1.29, 1.82) is 0 Å².